The fourth-order valence-electron chi connectivity index (χ4n) is 5.15. The van der Waals surface area contributed by atoms with Gasteiger partial charge in [-0.15, -0.1) is 0 Å². The maximum absolute atomic E-state index is 6.32. The zero-order valence-electron chi connectivity index (χ0n) is 23.3. The zero-order valence-corrected chi connectivity index (χ0v) is 24.8. The first kappa shape index (κ1) is 27.2. The summed E-state index contributed by atoms with van der Waals surface area (Å²) in [6, 6.07) is 23.5. The van der Waals surface area contributed by atoms with E-state index in [1.165, 1.54) is 0 Å². The lowest BCUT2D eigenvalue weighted by Crippen LogP contribution is -2.31. The van der Waals surface area contributed by atoms with Crippen LogP contribution < -0.4 is 20.1 Å². The smallest absolute Gasteiger partial charge is 0.119 e. The van der Waals surface area contributed by atoms with Gasteiger partial charge in [-0.05, 0) is 78.2 Å². The second-order valence-electron chi connectivity index (χ2n) is 10.9. The molecule has 0 radical (unpaired) electrons. The van der Waals surface area contributed by atoms with Crippen molar-refractivity contribution in [1.29, 1.82) is 0 Å². The van der Waals surface area contributed by atoms with Crippen LogP contribution in [0.2, 0.25) is 10.0 Å². The molecule has 2 heterocycles. The lowest BCUT2D eigenvalue weighted by Gasteiger charge is -2.28. The molecule has 208 valence electrons. The summed E-state index contributed by atoms with van der Waals surface area (Å²) in [6.45, 7) is 5.87. The predicted molar refractivity (Wildman–Crippen MR) is 172 cm³/mol. The number of nitrogens with one attached hydrogen (secondary N) is 2. The third-order valence-electron chi connectivity index (χ3n) is 7.37. The summed E-state index contributed by atoms with van der Waals surface area (Å²) in [4.78, 5) is 9.71. The van der Waals surface area contributed by atoms with E-state index in [4.69, 9.17) is 42.6 Å². The molecule has 0 aliphatic rings. The van der Waals surface area contributed by atoms with Crippen molar-refractivity contribution >= 4 is 78.2 Å². The van der Waals surface area contributed by atoms with Gasteiger partial charge >= 0.3 is 0 Å². The van der Waals surface area contributed by atoms with Crippen LogP contribution in [0.1, 0.15) is 13.8 Å². The highest BCUT2D eigenvalue weighted by Crippen LogP contribution is 2.37. The summed E-state index contributed by atoms with van der Waals surface area (Å²) in [5.41, 5.74) is 5.30. The van der Waals surface area contributed by atoms with Gasteiger partial charge in [0.25, 0.3) is 0 Å². The van der Waals surface area contributed by atoms with Crippen molar-refractivity contribution in [2.24, 2.45) is 5.41 Å². The first-order chi connectivity index (χ1) is 19.7. The van der Waals surface area contributed by atoms with Crippen molar-refractivity contribution < 1.29 is 9.47 Å². The lowest BCUT2D eigenvalue weighted by atomic mass is 9.92. The van der Waals surface area contributed by atoms with E-state index in [0.717, 1.165) is 66.5 Å². The molecule has 0 bridgehead atoms. The lowest BCUT2D eigenvalue weighted by molar-refractivity contribution is 0.415. The number of methoxy groups -OCH3 is 2. The Labute approximate surface area is 248 Å². The number of benzene rings is 4. The Hall–Kier alpha value is -4.00. The van der Waals surface area contributed by atoms with Crippen LogP contribution in [0, 0.1) is 5.41 Å². The zero-order chi connectivity index (χ0) is 28.7. The van der Waals surface area contributed by atoms with E-state index in [1.54, 1.807) is 14.2 Å². The van der Waals surface area contributed by atoms with Crippen molar-refractivity contribution in [1.82, 2.24) is 9.97 Å². The molecule has 0 atom stereocenters. The van der Waals surface area contributed by atoms with E-state index in [0.29, 0.717) is 23.1 Å². The number of nitrogens with zero attached hydrogens (tertiary/aromatic N) is 2. The molecule has 0 unspecified atom stereocenters. The highest BCUT2D eigenvalue weighted by Gasteiger charge is 2.21. The van der Waals surface area contributed by atoms with Crippen LogP contribution in [0.3, 0.4) is 0 Å². The van der Waals surface area contributed by atoms with Crippen molar-refractivity contribution in [2.45, 2.75) is 13.8 Å². The molecule has 0 spiro atoms. The Bertz CT molecular complexity index is 1800. The van der Waals surface area contributed by atoms with E-state index in [1.807, 2.05) is 72.8 Å². The second kappa shape index (κ2) is 10.8. The van der Waals surface area contributed by atoms with E-state index in [2.05, 4.69) is 24.5 Å². The van der Waals surface area contributed by atoms with Crippen molar-refractivity contribution in [3.8, 4) is 11.5 Å². The molecule has 6 aromatic rings. The van der Waals surface area contributed by atoms with Crippen LogP contribution in [0.15, 0.2) is 72.8 Å². The molecule has 6 rings (SSSR count). The number of fused-ring (bicyclic) bond motifs is 4. The molecule has 41 heavy (non-hydrogen) atoms. The molecule has 8 heteroatoms. The Morgan fingerprint density at radius 2 is 1.02 bits per heavy atom. The topological polar surface area (TPSA) is 68.3 Å². The molecular formula is C33H30Cl2N4O2. The van der Waals surface area contributed by atoms with Crippen LogP contribution in [0.4, 0.5) is 11.4 Å². The molecule has 0 saturated heterocycles. The summed E-state index contributed by atoms with van der Waals surface area (Å²) in [5.74, 6) is 1.56. The molecule has 2 N–H and O–H groups in total. The van der Waals surface area contributed by atoms with Gasteiger partial charge in [-0.1, -0.05) is 37.0 Å². The minimum absolute atomic E-state index is 0.152. The van der Waals surface area contributed by atoms with E-state index >= 15 is 0 Å². The van der Waals surface area contributed by atoms with E-state index in [-0.39, 0.29) is 5.41 Å². The van der Waals surface area contributed by atoms with Gasteiger partial charge in [-0.2, -0.15) is 0 Å². The number of hydrogen-bond acceptors (Lipinski definition) is 6. The summed E-state index contributed by atoms with van der Waals surface area (Å²) < 4.78 is 11.1. The highest BCUT2D eigenvalue weighted by atomic mass is 35.5. The fraction of sp³-hybridized carbons (Fsp3) is 0.212. The minimum Gasteiger partial charge on any atom is -0.497 e. The van der Waals surface area contributed by atoms with E-state index < -0.39 is 0 Å². The molecule has 0 aliphatic heterocycles. The van der Waals surface area contributed by atoms with Crippen LogP contribution in [-0.4, -0.2) is 37.3 Å². The molecule has 0 saturated carbocycles. The number of ether oxygens (including phenoxy) is 2. The van der Waals surface area contributed by atoms with Crippen LogP contribution in [-0.2, 0) is 0 Å². The van der Waals surface area contributed by atoms with Gasteiger partial charge in [0.05, 0.1) is 47.7 Å². The third-order valence-corrected chi connectivity index (χ3v) is 7.84. The summed E-state index contributed by atoms with van der Waals surface area (Å²) >= 11 is 12.6. The monoisotopic (exact) mass is 584 g/mol. The maximum atomic E-state index is 6.32. The number of rotatable bonds is 8. The molecule has 0 aliphatic carbocycles. The number of halogens is 2. The van der Waals surface area contributed by atoms with Gasteiger partial charge in [0.2, 0.25) is 0 Å². The molecule has 2 aromatic heterocycles. The molecule has 0 fully saturated rings. The van der Waals surface area contributed by atoms with Crippen LogP contribution in [0.5, 0.6) is 11.5 Å². The minimum atomic E-state index is -0.152. The van der Waals surface area contributed by atoms with Gasteiger partial charge in [-0.3, -0.25) is 0 Å². The normalized spacial score (nSPS) is 11.9. The first-order valence-electron chi connectivity index (χ1n) is 13.4. The van der Waals surface area contributed by atoms with Crippen molar-refractivity contribution in [2.75, 3.05) is 37.9 Å². The quantitative estimate of drug-likeness (QED) is 0.174. The molecular weight excluding hydrogens is 555 g/mol. The summed E-state index contributed by atoms with van der Waals surface area (Å²) in [5, 5.41) is 12.8. The number of aromatic nitrogens is 2. The molecule has 0 amide bonds. The maximum Gasteiger partial charge on any atom is 0.119 e. The van der Waals surface area contributed by atoms with Crippen LogP contribution >= 0.6 is 23.2 Å². The number of pyridine rings is 2. The molecule has 4 aromatic carbocycles. The Kier molecular flexibility index (Phi) is 7.14. The Morgan fingerprint density at radius 1 is 0.585 bits per heavy atom. The Morgan fingerprint density at radius 3 is 1.44 bits per heavy atom. The average molecular weight is 586 g/mol. The van der Waals surface area contributed by atoms with Crippen molar-refractivity contribution in [3.05, 3.63) is 82.8 Å². The van der Waals surface area contributed by atoms with Gasteiger partial charge in [-0.25, -0.2) is 9.97 Å². The fourth-order valence-corrected chi connectivity index (χ4v) is 5.48. The van der Waals surface area contributed by atoms with E-state index in [9.17, 15) is 0 Å². The number of hydrogen-bond donors (Lipinski definition) is 2. The molecule has 6 nitrogen and oxygen atoms in total. The SMILES string of the molecule is COc1ccc2nc3cc(Cl)ccc3c(NCC(C)(C)CNc3c4ccc(Cl)cc4nc4ccc(OC)cc34)c2c1. The number of anilines is 2. The van der Waals surface area contributed by atoms with Gasteiger partial charge in [0, 0.05) is 44.7 Å². The predicted octanol–water partition coefficient (Wildman–Crippen LogP) is 8.96. The van der Waals surface area contributed by atoms with Crippen LogP contribution in [0.25, 0.3) is 43.6 Å². The van der Waals surface area contributed by atoms with Gasteiger partial charge in [0.15, 0.2) is 0 Å². The standard InChI is InChI=1S/C33H30Cl2N4O2/c1-33(2,17-36-31-23-9-5-19(34)13-29(23)38-27-11-7-21(40-3)15-25(27)31)18-37-32-24-10-6-20(35)14-30(24)39-28-12-8-22(41-4)16-26(28)32/h5-16H,17-18H2,1-4H3,(H,36,38)(H,37,39). The highest BCUT2D eigenvalue weighted by molar-refractivity contribution is 6.32. The Balaban J connectivity index is 1.34. The summed E-state index contributed by atoms with van der Waals surface area (Å²) in [7, 11) is 3.35. The summed E-state index contributed by atoms with van der Waals surface area (Å²) in [6.07, 6.45) is 0. The van der Waals surface area contributed by atoms with Gasteiger partial charge in [0.1, 0.15) is 11.5 Å². The first-order valence-corrected chi connectivity index (χ1v) is 14.1. The largest absolute Gasteiger partial charge is 0.497 e. The third kappa shape index (κ3) is 5.37. The average Bonchev–Trinajstić information content (AvgIpc) is 2.96. The second-order valence-corrected chi connectivity index (χ2v) is 11.8. The van der Waals surface area contributed by atoms with Crippen molar-refractivity contribution in [3.63, 3.8) is 0 Å². The van der Waals surface area contributed by atoms with Gasteiger partial charge < -0.3 is 20.1 Å².